The van der Waals surface area contributed by atoms with Crippen LogP contribution in [0.15, 0.2) is 34.7 Å². The summed E-state index contributed by atoms with van der Waals surface area (Å²) in [5, 5.41) is 10.9. The van der Waals surface area contributed by atoms with Crippen molar-refractivity contribution >= 4 is 5.91 Å². The van der Waals surface area contributed by atoms with Gasteiger partial charge in [0.05, 0.1) is 0 Å². The molecular weight excluding hydrogens is 282 g/mol. The Hall–Kier alpha value is -2.21. The summed E-state index contributed by atoms with van der Waals surface area (Å²) >= 11 is 0. The summed E-state index contributed by atoms with van der Waals surface area (Å²) in [5.74, 6) is 0.793. The second-order valence-electron chi connectivity index (χ2n) is 5.41. The zero-order valence-electron chi connectivity index (χ0n) is 12.5. The van der Waals surface area contributed by atoms with Crippen molar-refractivity contribution in [2.24, 2.45) is 0 Å². The number of nitrogens with zero attached hydrogens (tertiary/aromatic N) is 2. The third kappa shape index (κ3) is 3.51. The smallest absolute Gasteiger partial charge is 0.249 e. The van der Waals surface area contributed by atoms with E-state index < -0.39 is 0 Å². The Kier molecular flexibility index (Phi) is 4.48. The van der Waals surface area contributed by atoms with Gasteiger partial charge >= 0.3 is 0 Å². The summed E-state index contributed by atoms with van der Waals surface area (Å²) in [4.78, 5) is 12.3. The highest BCUT2D eigenvalue weighted by molar-refractivity contribution is 5.81. The largest absolute Gasteiger partial charge is 0.423 e. The van der Waals surface area contributed by atoms with E-state index in [1.807, 2.05) is 30.3 Å². The lowest BCUT2D eigenvalue weighted by atomic mass is 10.1. The highest BCUT2D eigenvalue weighted by Crippen LogP contribution is 2.19. The number of hydrogen-bond donors (Lipinski definition) is 1. The maximum Gasteiger partial charge on any atom is 0.249 e. The Balaban J connectivity index is 1.75. The van der Waals surface area contributed by atoms with Gasteiger partial charge in [0.1, 0.15) is 12.1 Å². The lowest BCUT2D eigenvalue weighted by Gasteiger charge is -2.18. The van der Waals surface area contributed by atoms with E-state index in [1.165, 1.54) is 0 Å². The van der Waals surface area contributed by atoms with Crippen LogP contribution in [-0.2, 0) is 16.0 Å². The molecule has 2 atom stereocenters. The fraction of sp³-hybridized carbons (Fsp3) is 0.438. The Morgan fingerprint density at radius 2 is 2.18 bits per heavy atom. The molecule has 116 valence electrons. The topological polar surface area (TPSA) is 77.2 Å². The average Bonchev–Trinajstić information content (AvgIpc) is 3.19. The van der Waals surface area contributed by atoms with E-state index in [4.69, 9.17) is 9.15 Å². The summed E-state index contributed by atoms with van der Waals surface area (Å²) in [6, 6.07) is 9.56. The fourth-order valence-corrected chi connectivity index (χ4v) is 2.55. The Bertz CT molecular complexity index is 621. The van der Waals surface area contributed by atoms with Crippen LogP contribution in [-0.4, -0.2) is 28.8 Å². The molecule has 3 rings (SSSR count). The molecule has 1 aromatic heterocycles. The summed E-state index contributed by atoms with van der Waals surface area (Å²) < 4.78 is 10.9. The van der Waals surface area contributed by atoms with Gasteiger partial charge in [-0.2, -0.15) is 0 Å². The van der Waals surface area contributed by atoms with Crippen LogP contribution in [0.5, 0.6) is 0 Å². The molecule has 1 fully saturated rings. The van der Waals surface area contributed by atoms with Crippen molar-refractivity contribution in [1.29, 1.82) is 0 Å². The van der Waals surface area contributed by atoms with Gasteiger partial charge < -0.3 is 14.5 Å². The van der Waals surface area contributed by atoms with Crippen molar-refractivity contribution < 1.29 is 13.9 Å². The van der Waals surface area contributed by atoms with Gasteiger partial charge in [-0.3, -0.25) is 4.79 Å². The molecule has 22 heavy (non-hydrogen) atoms. The summed E-state index contributed by atoms with van der Waals surface area (Å²) in [5.41, 5.74) is 1.09. The monoisotopic (exact) mass is 301 g/mol. The summed E-state index contributed by atoms with van der Waals surface area (Å²) in [6.45, 7) is 2.37. The van der Waals surface area contributed by atoms with E-state index in [0.717, 1.165) is 18.4 Å². The van der Waals surface area contributed by atoms with Crippen LogP contribution in [0.4, 0.5) is 0 Å². The molecule has 0 aliphatic carbocycles. The zero-order chi connectivity index (χ0) is 15.4. The molecule has 0 spiro atoms. The molecule has 2 unspecified atom stereocenters. The third-order valence-corrected chi connectivity index (χ3v) is 3.66. The second-order valence-corrected chi connectivity index (χ2v) is 5.41. The molecular formula is C16H19N3O3. The van der Waals surface area contributed by atoms with Gasteiger partial charge in [0.2, 0.25) is 17.7 Å². The van der Waals surface area contributed by atoms with Gasteiger partial charge in [0.15, 0.2) is 0 Å². The molecule has 1 saturated heterocycles. The third-order valence-electron chi connectivity index (χ3n) is 3.66. The molecule has 1 aromatic carbocycles. The van der Waals surface area contributed by atoms with Crippen molar-refractivity contribution in [3.8, 4) is 0 Å². The first-order valence-corrected chi connectivity index (χ1v) is 7.48. The molecule has 1 N–H and O–H groups in total. The molecule has 6 heteroatoms. The number of amides is 1. The molecule has 2 heterocycles. The number of carbonyl (C=O) groups is 1. The number of benzene rings is 1. The van der Waals surface area contributed by atoms with E-state index in [0.29, 0.717) is 24.8 Å². The van der Waals surface area contributed by atoms with Crippen molar-refractivity contribution in [3.63, 3.8) is 0 Å². The van der Waals surface area contributed by atoms with Crippen LogP contribution in [0.1, 0.15) is 36.2 Å². The molecule has 1 amide bonds. The second kappa shape index (κ2) is 6.70. The minimum absolute atomic E-state index is 0.116. The van der Waals surface area contributed by atoms with Crippen LogP contribution in [0.3, 0.4) is 0 Å². The number of aryl methyl sites for hydroxylation is 1. The van der Waals surface area contributed by atoms with Crippen LogP contribution in [0.25, 0.3) is 0 Å². The highest BCUT2D eigenvalue weighted by Gasteiger charge is 2.28. The summed E-state index contributed by atoms with van der Waals surface area (Å²) in [7, 11) is 0. The first-order chi connectivity index (χ1) is 10.7. The Morgan fingerprint density at radius 1 is 1.36 bits per heavy atom. The van der Waals surface area contributed by atoms with Crippen LogP contribution in [0, 0.1) is 6.92 Å². The first kappa shape index (κ1) is 14.7. The van der Waals surface area contributed by atoms with Crippen molar-refractivity contribution in [3.05, 3.63) is 47.7 Å². The number of hydrogen-bond acceptors (Lipinski definition) is 5. The van der Waals surface area contributed by atoms with Crippen molar-refractivity contribution in [2.75, 3.05) is 6.61 Å². The number of carbonyl (C=O) groups excluding carboxylic acids is 1. The molecule has 1 aliphatic heterocycles. The Morgan fingerprint density at radius 3 is 2.82 bits per heavy atom. The predicted molar refractivity (Wildman–Crippen MR) is 79.0 cm³/mol. The van der Waals surface area contributed by atoms with Gasteiger partial charge in [-0.1, -0.05) is 30.3 Å². The quantitative estimate of drug-likeness (QED) is 0.913. The van der Waals surface area contributed by atoms with Crippen LogP contribution in [0.2, 0.25) is 0 Å². The number of aromatic nitrogens is 2. The molecule has 0 saturated carbocycles. The Labute approximate surface area is 128 Å². The molecule has 0 radical (unpaired) electrons. The van der Waals surface area contributed by atoms with E-state index >= 15 is 0 Å². The lowest BCUT2D eigenvalue weighted by Crippen LogP contribution is -2.37. The predicted octanol–water partition coefficient (Wildman–Crippen LogP) is 1.96. The standard InChI is InChI=1S/C16H19N3O3/c1-11-18-19-16(22-11)13(10-12-6-3-2-4-7-12)17-15(20)14-8-5-9-21-14/h2-4,6-7,13-14H,5,8-10H2,1H3,(H,17,20). The molecule has 2 aromatic rings. The SMILES string of the molecule is Cc1nnc(C(Cc2ccccc2)NC(=O)C2CCCO2)o1. The highest BCUT2D eigenvalue weighted by atomic mass is 16.5. The van der Waals surface area contributed by atoms with E-state index in [1.54, 1.807) is 6.92 Å². The minimum Gasteiger partial charge on any atom is -0.423 e. The fourth-order valence-electron chi connectivity index (χ4n) is 2.55. The maximum absolute atomic E-state index is 12.3. The molecule has 6 nitrogen and oxygen atoms in total. The van der Waals surface area contributed by atoms with E-state index in [-0.39, 0.29) is 18.1 Å². The van der Waals surface area contributed by atoms with Crippen LogP contribution < -0.4 is 5.32 Å². The number of ether oxygens (including phenoxy) is 1. The van der Waals surface area contributed by atoms with Gasteiger partial charge in [-0.25, -0.2) is 0 Å². The van der Waals surface area contributed by atoms with Crippen molar-refractivity contribution in [1.82, 2.24) is 15.5 Å². The van der Waals surface area contributed by atoms with Crippen LogP contribution >= 0.6 is 0 Å². The first-order valence-electron chi connectivity index (χ1n) is 7.48. The minimum atomic E-state index is -0.373. The van der Waals surface area contributed by atoms with E-state index in [9.17, 15) is 4.79 Å². The number of rotatable bonds is 5. The maximum atomic E-state index is 12.3. The molecule has 0 bridgehead atoms. The summed E-state index contributed by atoms with van der Waals surface area (Å²) in [6.07, 6.45) is 1.90. The molecule has 1 aliphatic rings. The zero-order valence-corrected chi connectivity index (χ0v) is 12.5. The van der Waals surface area contributed by atoms with Gasteiger partial charge in [-0.15, -0.1) is 10.2 Å². The van der Waals surface area contributed by atoms with Gasteiger partial charge in [0.25, 0.3) is 0 Å². The van der Waals surface area contributed by atoms with Gasteiger partial charge in [0, 0.05) is 20.0 Å². The average molecular weight is 301 g/mol. The lowest BCUT2D eigenvalue weighted by molar-refractivity contribution is -0.131. The van der Waals surface area contributed by atoms with Crippen molar-refractivity contribution in [2.45, 2.75) is 38.3 Å². The van der Waals surface area contributed by atoms with E-state index in [2.05, 4.69) is 15.5 Å². The van der Waals surface area contributed by atoms with Gasteiger partial charge in [-0.05, 0) is 18.4 Å². The normalized spacial score (nSPS) is 19.0. The number of nitrogens with one attached hydrogen (secondary N) is 1.